The first-order chi connectivity index (χ1) is 13.1. The Morgan fingerprint density at radius 1 is 1.19 bits per heavy atom. The maximum atomic E-state index is 12.9. The molecule has 4 rings (SSSR count). The number of rotatable bonds is 2. The van der Waals surface area contributed by atoms with Crippen molar-refractivity contribution in [3.8, 4) is 6.07 Å². The molecule has 0 spiro atoms. The fourth-order valence-electron chi connectivity index (χ4n) is 3.23. The summed E-state index contributed by atoms with van der Waals surface area (Å²) < 4.78 is 0. The molecule has 0 radical (unpaired) electrons. The van der Waals surface area contributed by atoms with Gasteiger partial charge in [0.25, 0.3) is 5.91 Å². The summed E-state index contributed by atoms with van der Waals surface area (Å²) in [6.45, 7) is 2.30. The van der Waals surface area contributed by atoms with Gasteiger partial charge in [0, 0.05) is 23.8 Å². The van der Waals surface area contributed by atoms with Gasteiger partial charge in [-0.1, -0.05) is 0 Å². The second kappa shape index (κ2) is 6.53. The predicted molar refractivity (Wildman–Crippen MR) is 97.9 cm³/mol. The van der Waals surface area contributed by atoms with Gasteiger partial charge in [-0.25, -0.2) is 0 Å². The van der Waals surface area contributed by atoms with E-state index in [1.54, 1.807) is 52.3 Å². The SMILES string of the molecule is C[C@H]1CN(c2ccc(C#N)cc2)C(=O)CN1C(=O)c1ccc2n[nH]nc2c1. The summed E-state index contributed by atoms with van der Waals surface area (Å²) in [4.78, 5) is 28.8. The molecule has 3 aromatic rings. The van der Waals surface area contributed by atoms with Crippen molar-refractivity contribution >= 4 is 28.5 Å². The van der Waals surface area contributed by atoms with Crippen molar-refractivity contribution in [2.45, 2.75) is 13.0 Å². The fourth-order valence-corrected chi connectivity index (χ4v) is 3.23. The van der Waals surface area contributed by atoms with Gasteiger partial charge in [0.2, 0.25) is 5.91 Å². The fraction of sp³-hybridized carbons (Fsp3) is 0.211. The number of aromatic amines is 1. The second-order valence-electron chi connectivity index (χ2n) is 6.47. The number of carbonyl (C=O) groups is 2. The number of H-pyrrole nitrogens is 1. The minimum absolute atomic E-state index is 0.00312. The minimum Gasteiger partial charge on any atom is -0.325 e. The molecule has 8 heteroatoms. The number of fused-ring (bicyclic) bond motifs is 1. The Bertz CT molecular complexity index is 1070. The summed E-state index contributed by atoms with van der Waals surface area (Å²) in [5.41, 5.74) is 3.03. The molecule has 0 saturated carbocycles. The normalized spacial score (nSPS) is 17.2. The molecule has 0 bridgehead atoms. The number of benzene rings is 2. The van der Waals surface area contributed by atoms with Gasteiger partial charge in [-0.2, -0.15) is 20.7 Å². The molecule has 2 aromatic carbocycles. The third-order valence-corrected chi connectivity index (χ3v) is 4.72. The van der Waals surface area contributed by atoms with E-state index in [0.29, 0.717) is 28.7 Å². The van der Waals surface area contributed by atoms with Crippen LogP contribution in [-0.4, -0.2) is 51.3 Å². The van der Waals surface area contributed by atoms with Crippen molar-refractivity contribution in [2.24, 2.45) is 0 Å². The van der Waals surface area contributed by atoms with Crippen molar-refractivity contribution < 1.29 is 9.59 Å². The van der Waals surface area contributed by atoms with Crippen LogP contribution in [-0.2, 0) is 4.79 Å². The van der Waals surface area contributed by atoms with Crippen LogP contribution in [0.25, 0.3) is 11.0 Å². The van der Waals surface area contributed by atoms with E-state index in [0.717, 1.165) is 5.69 Å². The van der Waals surface area contributed by atoms with E-state index in [4.69, 9.17) is 5.26 Å². The Balaban J connectivity index is 1.55. The lowest BCUT2D eigenvalue weighted by Gasteiger charge is -2.39. The van der Waals surface area contributed by atoms with Crippen LogP contribution < -0.4 is 4.90 Å². The topological polar surface area (TPSA) is 106 Å². The number of nitrogens with zero attached hydrogens (tertiary/aromatic N) is 5. The monoisotopic (exact) mass is 360 g/mol. The van der Waals surface area contributed by atoms with Crippen molar-refractivity contribution in [1.82, 2.24) is 20.3 Å². The number of anilines is 1. The first-order valence-corrected chi connectivity index (χ1v) is 8.49. The lowest BCUT2D eigenvalue weighted by atomic mass is 10.1. The maximum absolute atomic E-state index is 12.9. The second-order valence-corrected chi connectivity index (χ2v) is 6.47. The van der Waals surface area contributed by atoms with Gasteiger partial charge in [0.05, 0.1) is 11.6 Å². The van der Waals surface area contributed by atoms with Gasteiger partial charge >= 0.3 is 0 Å². The van der Waals surface area contributed by atoms with Crippen molar-refractivity contribution in [1.29, 1.82) is 5.26 Å². The molecule has 1 atom stereocenters. The summed E-state index contributed by atoms with van der Waals surface area (Å²) in [7, 11) is 0. The Kier molecular flexibility index (Phi) is 4.05. The standard InChI is InChI=1S/C19H16N6O2/c1-12-10-25(15-5-2-13(9-20)3-6-15)18(26)11-24(12)19(27)14-4-7-16-17(8-14)22-23-21-16/h2-8,12H,10-11H2,1H3,(H,21,22,23)/t12-/m0/s1. The molecular weight excluding hydrogens is 344 g/mol. The van der Waals surface area contributed by atoms with E-state index >= 15 is 0 Å². The molecule has 1 fully saturated rings. The zero-order valence-corrected chi connectivity index (χ0v) is 14.6. The third kappa shape index (κ3) is 3.00. The van der Waals surface area contributed by atoms with Gasteiger partial charge in [-0.05, 0) is 49.4 Å². The number of hydrogen-bond donors (Lipinski definition) is 1. The smallest absolute Gasteiger partial charge is 0.254 e. The van der Waals surface area contributed by atoms with Crippen LogP contribution in [0.1, 0.15) is 22.8 Å². The van der Waals surface area contributed by atoms with Gasteiger partial charge in [0.15, 0.2) is 0 Å². The summed E-state index contributed by atoms with van der Waals surface area (Å²) in [5.74, 6) is -0.367. The van der Waals surface area contributed by atoms with Gasteiger partial charge < -0.3 is 9.80 Å². The molecule has 0 unspecified atom stereocenters. The van der Waals surface area contributed by atoms with Crippen LogP contribution in [0.3, 0.4) is 0 Å². The lowest BCUT2D eigenvalue weighted by Crippen LogP contribution is -2.57. The van der Waals surface area contributed by atoms with Gasteiger partial charge in [0.1, 0.15) is 17.6 Å². The summed E-state index contributed by atoms with van der Waals surface area (Å²) in [5, 5.41) is 19.4. The van der Waals surface area contributed by atoms with Gasteiger partial charge in [-0.15, -0.1) is 0 Å². The van der Waals surface area contributed by atoms with Gasteiger partial charge in [-0.3, -0.25) is 9.59 Å². The van der Waals surface area contributed by atoms with E-state index in [2.05, 4.69) is 21.5 Å². The summed E-state index contributed by atoms with van der Waals surface area (Å²) in [6, 6.07) is 13.9. The van der Waals surface area contributed by atoms with Crippen molar-refractivity contribution in [2.75, 3.05) is 18.0 Å². The highest BCUT2D eigenvalue weighted by atomic mass is 16.2. The molecule has 0 aliphatic carbocycles. The minimum atomic E-state index is -0.208. The van der Waals surface area contributed by atoms with Crippen LogP contribution in [0.15, 0.2) is 42.5 Å². The Morgan fingerprint density at radius 3 is 2.67 bits per heavy atom. The molecule has 27 heavy (non-hydrogen) atoms. The molecule has 8 nitrogen and oxygen atoms in total. The number of nitriles is 1. The largest absolute Gasteiger partial charge is 0.325 e. The molecule has 2 heterocycles. The quantitative estimate of drug-likeness (QED) is 0.749. The molecule has 1 N–H and O–H groups in total. The first kappa shape index (κ1) is 16.7. The number of nitrogens with one attached hydrogen (secondary N) is 1. The Hall–Kier alpha value is -3.73. The first-order valence-electron chi connectivity index (χ1n) is 8.49. The number of piperazine rings is 1. The molecule has 1 aliphatic heterocycles. The third-order valence-electron chi connectivity index (χ3n) is 4.72. The summed E-state index contributed by atoms with van der Waals surface area (Å²) in [6.07, 6.45) is 0. The van der Waals surface area contributed by atoms with Crippen LogP contribution in [0, 0.1) is 11.3 Å². The zero-order valence-electron chi connectivity index (χ0n) is 14.6. The number of aromatic nitrogens is 3. The van der Waals surface area contributed by atoms with Crippen LogP contribution in [0.4, 0.5) is 5.69 Å². The lowest BCUT2D eigenvalue weighted by molar-refractivity contribution is -0.121. The van der Waals surface area contributed by atoms with E-state index in [1.807, 2.05) is 6.92 Å². The average molecular weight is 360 g/mol. The van der Waals surface area contributed by atoms with E-state index in [9.17, 15) is 9.59 Å². The Labute approximate surface area is 155 Å². The van der Waals surface area contributed by atoms with Crippen molar-refractivity contribution in [3.63, 3.8) is 0 Å². The molecule has 2 amide bonds. The highest BCUT2D eigenvalue weighted by molar-refractivity contribution is 6.03. The van der Waals surface area contributed by atoms with E-state index < -0.39 is 0 Å². The molecule has 1 aliphatic rings. The summed E-state index contributed by atoms with van der Waals surface area (Å²) >= 11 is 0. The number of carbonyl (C=O) groups excluding carboxylic acids is 2. The van der Waals surface area contributed by atoms with Crippen molar-refractivity contribution in [3.05, 3.63) is 53.6 Å². The zero-order chi connectivity index (χ0) is 19.0. The Morgan fingerprint density at radius 2 is 1.93 bits per heavy atom. The molecule has 134 valence electrons. The highest BCUT2D eigenvalue weighted by Crippen LogP contribution is 2.22. The molecular formula is C19H16N6O2. The van der Waals surface area contributed by atoms with E-state index in [1.165, 1.54) is 0 Å². The van der Waals surface area contributed by atoms with Crippen LogP contribution in [0.2, 0.25) is 0 Å². The van der Waals surface area contributed by atoms with Crippen LogP contribution in [0.5, 0.6) is 0 Å². The predicted octanol–water partition coefficient (Wildman–Crippen LogP) is 1.71. The highest BCUT2D eigenvalue weighted by Gasteiger charge is 2.33. The average Bonchev–Trinajstić information content (AvgIpc) is 3.17. The number of amides is 2. The molecule has 1 aromatic heterocycles. The van der Waals surface area contributed by atoms with E-state index in [-0.39, 0.29) is 24.4 Å². The molecule has 1 saturated heterocycles. The maximum Gasteiger partial charge on any atom is 0.254 e. The van der Waals surface area contributed by atoms with Crippen LogP contribution >= 0.6 is 0 Å². The number of hydrogen-bond acceptors (Lipinski definition) is 5.